The van der Waals surface area contributed by atoms with Crippen LogP contribution in [0.3, 0.4) is 0 Å². The Hall–Kier alpha value is -3.43. The van der Waals surface area contributed by atoms with E-state index in [0.717, 1.165) is 30.6 Å². The first kappa shape index (κ1) is 33.8. The Morgan fingerprint density at radius 1 is 1.02 bits per heavy atom. The zero-order chi connectivity index (χ0) is 30.4. The molecule has 0 spiro atoms. The first-order valence-corrected chi connectivity index (χ1v) is 14.4. The van der Waals surface area contributed by atoms with Gasteiger partial charge in [-0.05, 0) is 51.2 Å². The van der Waals surface area contributed by atoms with Crippen molar-refractivity contribution in [3.8, 4) is 5.75 Å². The summed E-state index contributed by atoms with van der Waals surface area (Å²) in [6.45, 7) is 10.0. The molecule has 0 fully saturated rings. The number of nitrogens with zero attached hydrogens (tertiary/aromatic N) is 1. The molecule has 0 radical (unpaired) electrons. The van der Waals surface area contributed by atoms with E-state index in [4.69, 9.17) is 4.74 Å². The first-order valence-electron chi connectivity index (χ1n) is 14.4. The predicted octanol–water partition coefficient (Wildman–Crippen LogP) is 2.84. The lowest BCUT2D eigenvalue weighted by Crippen LogP contribution is -2.62. The van der Waals surface area contributed by atoms with E-state index in [1.54, 1.807) is 0 Å². The van der Waals surface area contributed by atoms with Crippen LogP contribution < -0.4 is 20.7 Å². The van der Waals surface area contributed by atoms with Crippen molar-refractivity contribution in [1.29, 1.82) is 0 Å². The van der Waals surface area contributed by atoms with E-state index in [2.05, 4.69) is 35.0 Å². The summed E-state index contributed by atoms with van der Waals surface area (Å²) in [5, 5.41) is 19.4. The summed E-state index contributed by atoms with van der Waals surface area (Å²) in [6.07, 6.45) is 2.20. The van der Waals surface area contributed by atoms with Gasteiger partial charge < -0.3 is 30.7 Å². The number of fused-ring (bicyclic) bond motifs is 1. The second-order valence-corrected chi connectivity index (χ2v) is 11.1. The Morgan fingerprint density at radius 3 is 2.29 bits per heavy atom. The van der Waals surface area contributed by atoms with E-state index in [-0.39, 0.29) is 24.3 Å². The number of rotatable bonds is 3. The number of amides is 3. The lowest BCUT2D eigenvalue weighted by atomic mass is 9.93. The van der Waals surface area contributed by atoms with E-state index >= 15 is 0 Å². The minimum atomic E-state index is -1.52. The summed E-state index contributed by atoms with van der Waals surface area (Å²) in [7, 11) is 1.51. The number of carbonyl (C=O) groups is 3. The minimum Gasteiger partial charge on any atom is -0.492 e. The van der Waals surface area contributed by atoms with Crippen LogP contribution in [0.4, 0.5) is 0 Å². The Labute approximate surface area is 245 Å². The highest BCUT2D eigenvalue weighted by Crippen LogP contribution is 2.21. The molecule has 0 bridgehead atoms. The number of hydrogen-bond donors (Lipinski definition) is 4. The van der Waals surface area contributed by atoms with Gasteiger partial charge in [0.25, 0.3) is 0 Å². The second-order valence-electron chi connectivity index (χ2n) is 11.1. The maximum Gasteiger partial charge on any atom is 0.246 e. The van der Waals surface area contributed by atoms with Crippen LogP contribution in [0.5, 0.6) is 5.75 Å². The second kappa shape index (κ2) is 16.7. The van der Waals surface area contributed by atoms with Crippen LogP contribution >= 0.6 is 0 Å². The highest BCUT2D eigenvalue weighted by Gasteiger charge is 2.41. The van der Waals surface area contributed by atoms with Gasteiger partial charge >= 0.3 is 0 Å². The molecule has 0 saturated heterocycles. The van der Waals surface area contributed by atoms with Gasteiger partial charge in [-0.1, -0.05) is 74.4 Å². The summed E-state index contributed by atoms with van der Waals surface area (Å²) >= 11 is 0. The van der Waals surface area contributed by atoms with Crippen molar-refractivity contribution in [3.63, 3.8) is 0 Å². The van der Waals surface area contributed by atoms with Gasteiger partial charge in [0.1, 0.15) is 18.4 Å². The molecule has 9 heteroatoms. The molecular weight excluding hydrogens is 520 g/mol. The summed E-state index contributed by atoms with van der Waals surface area (Å²) in [5.41, 5.74) is 0.856. The van der Waals surface area contributed by atoms with Gasteiger partial charge in [-0.15, -0.1) is 0 Å². The lowest BCUT2D eigenvalue weighted by Gasteiger charge is -2.38. The van der Waals surface area contributed by atoms with E-state index in [1.807, 2.05) is 56.3 Å². The van der Waals surface area contributed by atoms with Gasteiger partial charge in [-0.3, -0.25) is 14.4 Å². The van der Waals surface area contributed by atoms with Crippen molar-refractivity contribution >= 4 is 17.7 Å². The quantitative estimate of drug-likeness (QED) is 0.452. The van der Waals surface area contributed by atoms with Crippen molar-refractivity contribution in [2.45, 2.75) is 71.6 Å². The molecule has 41 heavy (non-hydrogen) atoms. The molecule has 226 valence electrons. The molecule has 9 nitrogen and oxygen atoms in total. The van der Waals surface area contributed by atoms with Gasteiger partial charge in [0.2, 0.25) is 17.7 Å². The fraction of sp³-hybridized carbons (Fsp3) is 0.531. The van der Waals surface area contributed by atoms with Crippen molar-refractivity contribution < 1.29 is 24.2 Å². The molecule has 2 aromatic carbocycles. The van der Waals surface area contributed by atoms with Crippen molar-refractivity contribution in [3.05, 3.63) is 65.7 Å². The topological polar surface area (TPSA) is 120 Å². The van der Waals surface area contributed by atoms with Gasteiger partial charge in [0, 0.05) is 20.1 Å². The molecule has 0 aliphatic carbocycles. The van der Waals surface area contributed by atoms with E-state index in [1.165, 1.54) is 31.4 Å². The van der Waals surface area contributed by atoms with Crippen LogP contribution in [0.1, 0.15) is 51.7 Å². The Bertz CT molecular complexity index is 1100. The van der Waals surface area contributed by atoms with Crippen LogP contribution in [-0.2, 0) is 20.8 Å². The Balaban J connectivity index is 0.000000729. The van der Waals surface area contributed by atoms with Crippen molar-refractivity contribution in [1.82, 2.24) is 20.9 Å². The maximum absolute atomic E-state index is 13.5. The van der Waals surface area contributed by atoms with E-state index < -0.39 is 23.6 Å². The Morgan fingerprint density at radius 2 is 1.68 bits per heavy atom. The average molecular weight is 569 g/mol. The molecule has 3 atom stereocenters. The highest BCUT2D eigenvalue weighted by atomic mass is 16.5. The molecule has 4 N–H and O–H groups in total. The number of ether oxygens (including phenoxy) is 1. The summed E-state index contributed by atoms with van der Waals surface area (Å²) in [5.74, 6) is -0.442. The summed E-state index contributed by atoms with van der Waals surface area (Å²) in [6, 6.07) is 16.3. The first-order chi connectivity index (χ1) is 19.5. The minimum absolute atomic E-state index is 0.0101. The standard InChI is InChI=1S/C25H40N4O5.C7H8/c1-6-17(2)21-24(32)29(5)22(25(3,4)33)23(31)28-16-20(30)26-13-9-11-18-10-7-8-12-19(18)34-15-14-27-21;1-7-5-3-2-4-6-7/h7-8,10,12,17,21-22,27,33H,6,9,11,13-16H2,1-5H3,(H,26,30)(H,28,31);2-6H,1H3. The third-order valence-corrected chi connectivity index (χ3v) is 7.14. The summed E-state index contributed by atoms with van der Waals surface area (Å²) < 4.78 is 5.99. The number of hydrogen-bond acceptors (Lipinski definition) is 6. The molecule has 1 heterocycles. The number of benzene rings is 2. The molecule has 2 aromatic rings. The molecule has 0 saturated carbocycles. The molecule has 3 amide bonds. The molecule has 3 unspecified atom stereocenters. The monoisotopic (exact) mass is 568 g/mol. The average Bonchev–Trinajstić information content (AvgIpc) is 2.93. The fourth-order valence-electron chi connectivity index (χ4n) is 4.68. The van der Waals surface area contributed by atoms with Crippen LogP contribution in [0.25, 0.3) is 0 Å². The van der Waals surface area contributed by atoms with Gasteiger partial charge in [-0.2, -0.15) is 0 Å². The number of aryl methyl sites for hydroxylation is 2. The van der Waals surface area contributed by atoms with Crippen molar-refractivity contribution in [2.24, 2.45) is 5.92 Å². The molecular formula is C32H48N4O5. The third kappa shape index (κ3) is 11.2. The predicted molar refractivity (Wildman–Crippen MR) is 162 cm³/mol. The molecule has 0 aromatic heterocycles. The van der Waals surface area contributed by atoms with Gasteiger partial charge in [0.05, 0.1) is 18.2 Å². The van der Waals surface area contributed by atoms with E-state index in [9.17, 15) is 19.5 Å². The normalized spacial score (nSPS) is 20.6. The van der Waals surface area contributed by atoms with Crippen LogP contribution in [0.15, 0.2) is 54.6 Å². The smallest absolute Gasteiger partial charge is 0.246 e. The highest BCUT2D eigenvalue weighted by molar-refractivity contribution is 5.92. The molecule has 1 aliphatic heterocycles. The number of carbonyl (C=O) groups excluding carboxylic acids is 3. The number of likely N-dealkylation sites (N-methyl/N-ethyl adjacent to an activating group) is 1. The van der Waals surface area contributed by atoms with E-state index in [0.29, 0.717) is 19.7 Å². The third-order valence-electron chi connectivity index (χ3n) is 7.14. The fourth-order valence-corrected chi connectivity index (χ4v) is 4.68. The number of para-hydroxylation sites is 1. The van der Waals surface area contributed by atoms with Gasteiger partial charge in [0.15, 0.2) is 0 Å². The molecule has 1 aliphatic rings. The Kier molecular flexibility index (Phi) is 13.8. The zero-order valence-electron chi connectivity index (χ0n) is 25.4. The van der Waals surface area contributed by atoms with Gasteiger partial charge in [-0.25, -0.2) is 0 Å². The van der Waals surface area contributed by atoms with Crippen LogP contribution in [0.2, 0.25) is 0 Å². The number of aliphatic hydroxyl groups is 1. The maximum atomic E-state index is 13.5. The largest absolute Gasteiger partial charge is 0.492 e. The van der Waals surface area contributed by atoms with Crippen molar-refractivity contribution in [2.75, 3.05) is 33.3 Å². The summed E-state index contributed by atoms with van der Waals surface area (Å²) in [4.78, 5) is 39.9. The van der Waals surface area contributed by atoms with Crippen LogP contribution in [0, 0.1) is 12.8 Å². The number of nitrogens with one attached hydrogen (secondary N) is 3. The van der Waals surface area contributed by atoms with Crippen LogP contribution in [-0.4, -0.2) is 78.7 Å². The molecule has 3 rings (SSSR count). The SMILES string of the molecule is CCC(C)C1NCCOc2ccccc2CCCNC(=O)CNC(=O)C(C(C)(C)O)N(C)C1=O.Cc1ccccc1. The lowest BCUT2D eigenvalue weighted by molar-refractivity contribution is -0.150. The zero-order valence-corrected chi connectivity index (χ0v) is 25.4.